The summed E-state index contributed by atoms with van der Waals surface area (Å²) in [6, 6.07) is 5.49. The molecule has 0 aromatic heterocycles. The minimum Gasteiger partial charge on any atom is -0.444 e. The van der Waals surface area contributed by atoms with Crippen LogP contribution in [0.15, 0.2) is 24.3 Å². The number of nitrogens with one attached hydrogen (secondary N) is 1. The number of benzene rings is 1. The normalized spacial score (nSPS) is 13.8. The molecule has 1 atom stereocenters. The Morgan fingerprint density at radius 1 is 1.30 bits per heavy atom. The molecule has 5 heteroatoms. The van der Waals surface area contributed by atoms with E-state index < -0.39 is 23.3 Å². The highest BCUT2D eigenvalue weighted by atomic mass is 19.1. The second-order valence-corrected chi connectivity index (χ2v) is 6.38. The van der Waals surface area contributed by atoms with Crippen LogP contribution < -0.4 is 11.1 Å². The van der Waals surface area contributed by atoms with E-state index in [-0.39, 0.29) is 5.82 Å². The minimum atomic E-state index is -0.768. The average Bonchev–Trinajstić information content (AvgIpc) is 2.24. The number of nitrogens with two attached hydrogens (primary N) is 1. The number of hydrogen-bond donors (Lipinski definition) is 2. The van der Waals surface area contributed by atoms with Gasteiger partial charge in [0.25, 0.3) is 0 Å². The molecular formula is C15H23FN2O2. The van der Waals surface area contributed by atoms with Gasteiger partial charge in [0.1, 0.15) is 11.4 Å². The lowest BCUT2D eigenvalue weighted by molar-refractivity contribution is 0.0458. The summed E-state index contributed by atoms with van der Waals surface area (Å²) in [6.07, 6.45) is -0.547. The van der Waals surface area contributed by atoms with Gasteiger partial charge in [-0.3, -0.25) is 0 Å². The standard InChI is InChI=1S/C15H23FN2O2/c1-14(2,3)20-13(19)18-15(4,5)12(17)10-7-6-8-11(16)9-10/h6-9,12H,17H2,1-5H3,(H,18,19). The highest BCUT2D eigenvalue weighted by molar-refractivity contribution is 5.68. The Hall–Kier alpha value is -1.62. The van der Waals surface area contributed by atoms with E-state index in [0.717, 1.165) is 0 Å². The van der Waals surface area contributed by atoms with Gasteiger partial charge in [0.2, 0.25) is 0 Å². The van der Waals surface area contributed by atoms with Crippen LogP contribution in [-0.4, -0.2) is 17.2 Å². The highest BCUT2D eigenvalue weighted by Crippen LogP contribution is 2.24. The molecule has 3 N–H and O–H groups in total. The molecule has 0 radical (unpaired) electrons. The molecular weight excluding hydrogens is 259 g/mol. The van der Waals surface area contributed by atoms with Crippen molar-refractivity contribution in [3.63, 3.8) is 0 Å². The van der Waals surface area contributed by atoms with Gasteiger partial charge in [0.05, 0.1) is 11.6 Å². The van der Waals surface area contributed by atoms with Crippen LogP contribution in [0.4, 0.5) is 9.18 Å². The van der Waals surface area contributed by atoms with Crippen LogP contribution in [0.25, 0.3) is 0 Å². The smallest absolute Gasteiger partial charge is 0.408 e. The summed E-state index contributed by atoms with van der Waals surface area (Å²) >= 11 is 0. The first-order chi connectivity index (χ1) is 9.01. The Bertz CT molecular complexity index is 481. The predicted octanol–water partition coefficient (Wildman–Crippen LogP) is 3.13. The van der Waals surface area contributed by atoms with Crippen molar-refractivity contribution in [1.29, 1.82) is 0 Å². The van der Waals surface area contributed by atoms with E-state index in [1.54, 1.807) is 46.8 Å². The van der Waals surface area contributed by atoms with Crippen LogP contribution in [0.1, 0.15) is 46.2 Å². The Morgan fingerprint density at radius 3 is 2.40 bits per heavy atom. The van der Waals surface area contributed by atoms with Gasteiger partial charge in [-0.15, -0.1) is 0 Å². The quantitative estimate of drug-likeness (QED) is 0.895. The van der Waals surface area contributed by atoms with Crippen LogP contribution >= 0.6 is 0 Å². The van der Waals surface area contributed by atoms with Crippen LogP contribution in [0, 0.1) is 5.82 Å². The zero-order valence-electron chi connectivity index (χ0n) is 12.7. The molecule has 0 aliphatic rings. The summed E-state index contributed by atoms with van der Waals surface area (Å²) in [5.74, 6) is -0.356. The van der Waals surface area contributed by atoms with Crippen molar-refractivity contribution in [2.75, 3.05) is 0 Å². The fraction of sp³-hybridized carbons (Fsp3) is 0.533. The monoisotopic (exact) mass is 282 g/mol. The first kappa shape index (κ1) is 16.4. The number of rotatable bonds is 3. The summed E-state index contributed by atoms with van der Waals surface area (Å²) in [5.41, 5.74) is 5.39. The number of hydrogen-bond acceptors (Lipinski definition) is 3. The lowest BCUT2D eigenvalue weighted by Crippen LogP contribution is -2.52. The van der Waals surface area contributed by atoms with E-state index in [4.69, 9.17) is 10.5 Å². The summed E-state index contributed by atoms with van der Waals surface area (Å²) in [4.78, 5) is 11.8. The number of halogens is 1. The van der Waals surface area contributed by atoms with E-state index in [0.29, 0.717) is 5.56 Å². The SMILES string of the molecule is CC(C)(C)OC(=O)NC(C)(C)C(N)c1cccc(F)c1. The molecule has 1 rings (SSSR count). The van der Waals surface area contributed by atoms with Gasteiger partial charge in [0, 0.05) is 0 Å². The predicted molar refractivity (Wildman–Crippen MR) is 76.8 cm³/mol. The van der Waals surface area contributed by atoms with Crippen molar-refractivity contribution in [1.82, 2.24) is 5.32 Å². The first-order valence-corrected chi connectivity index (χ1v) is 6.53. The van der Waals surface area contributed by atoms with E-state index >= 15 is 0 Å². The van der Waals surface area contributed by atoms with Gasteiger partial charge in [0.15, 0.2) is 0 Å². The summed E-state index contributed by atoms with van der Waals surface area (Å²) < 4.78 is 18.4. The van der Waals surface area contributed by atoms with Gasteiger partial charge in [-0.1, -0.05) is 12.1 Å². The number of alkyl carbamates (subject to hydrolysis) is 1. The lowest BCUT2D eigenvalue weighted by Gasteiger charge is -2.33. The second kappa shape index (κ2) is 5.79. The number of carbonyl (C=O) groups is 1. The lowest BCUT2D eigenvalue weighted by atomic mass is 9.89. The zero-order chi connectivity index (χ0) is 15.6. The Morgan fingerprint density at radius 2 is 1.90 bits per heavy atom. The molecule has 0 heterocycles. The van der Waals surface area contributed by atoms with E-state index in [1.807, 2.05) is 0 Å². The molecule has 0 fully saturated rings. The van der Waals surface area contributed by atoms with E-state index in [9.17, 15) is 9.18 Å². The zero-order valence-corrected chi connectivity index (χ0v) is 12.7. The highest BCUT2D eigenvalue weighted by Gasteiger charge is 2.31. The molecule has 0 saturated heterocycles. The third-order valence-electron chi connectivity index (χ3n) is 2.81. The average molecular weight is 282 g/mol. The number of ether oxygens (including phenoxy) is 1. The molecule has 1 unspecified atom stereocenters. The van der Waals surface area contributed by atoms with E-state index in [2.05, 4.69) is 5.32 Å². The second-order valence-electron chi connectivity index (χ2n) is 6.38. The molecule has 1 aromatic rings. The number of carbonyl (C=O) groups excluding carboxylic acids is 1. The molecule has 0 aliphatic heterocycles. The third kappa shape index (κ3) is 4.81. The maximum Gasteiger partial charge on any atom is 0.408 e. The molecule has 4 nitrogen and oxygen atoms in total. The maximum absolute atomic E-state index is 13.2. The molecule has 1 amide bonds. The minimum absolute atomic E-state index is 0.356. The molecule has 112 valence electrons. The molecule has 0 aliphatic carbocycles. The molecule has 0 bridgehead atoms. The van der Waals surface area contributed by atoms with Gasteiger partial charge < -0.3 is 15.8 Å². The van der Waals surface area contributed by atoms with Crippen molar-refractivity contribution in [3.05, 3.63) is 35.6 Å². The van der Waals surface area contributed by atoms with Crippen molar-refractivity contribution >= 4 is 6.09 Å². The van der Waals surface area contributed by atoms with Crippen molar-refractivity contribution in [2.24, 2.45) is 5.73 Å². The number of amides is 1. The van der Waals surface area contributed by atoms with Crippen LogP contribution in [0.5, 0.6) is 0 Å². The Kier molecular flexibility index (Phi) is 4.76. The van der Waals surface area contributed by atoms with Gasteiger partial charge >= 0.3 is 6.09 Å². The third-order valence-corrected chi connectivity index (χ3v) is 2.81. The fourth-order valence-electron chi connectivity index (χ4n) is 1.76. The Labute approximate surface area is 119 Å². The topological polar surface area (TPSA) is 64.3 Å². The van der Waals surface area contributed by atoms with Gasteiger partial charge in [-0.2, -0.15) is 0 Å². The summed E-state index contributed by atoms with van der Waals surface area (Å²) in [6.45, 7) is 8.89. The summed E-state index contributed by atoms with van der Waals surface area (Å²) in [5, 5.41) is 2.72. The van der Waals surface area contributed by atoms with Crippen molar-refractivity contribution < 1.29 is 13.9 Å². The van der Waals surface area contributed by atoms with Crippen molar-refractivity contribution in [2.45, 2.75) is 51.8 Å². The molecule has 1 aromatic carbocycles. The molecule has 20 heavy (non-hydrogen) atoms. The van der Waals surface area contributed by atoms with Gasteiger partial charge in [-0.25, -0.2) is 9.18 Å². The molecule has 0 spiro atoms. The first-order valence-electron chi connectivity index (χ1n) is 6.53. The molecule has 0 saturated carbocycles. The van der Waals surface area contributed by atoms with Gasteiger partial charge in [-0.05, 0) is 52.3 Å². The fourth-order valence-corrected chi connectivity index (χ4v) is 1.76. The van der Waals surface area contributed by atoms with Crippen LogP contribution in [0.2, 0.25) is 0 Å². The Balaban J connectivity index is 2.80. The van der Waals surface area contributed by atoms with Crippen LogP contribution in [-0.2, 0) is 4.74 Å². The van der Waals surface area contributed by atoms with Crippen molar-refractivity contribution in [3.8, 4) is 0 Å². The largest absolute Gasteiger partial charge is 0.444 e. The maximum atomic E-state index is 13.2. The van der Waals surface area contributed by atoms with E-state index in [1.165, 1.54) is 12.1 Å². The van der Waals surface area contributed by atoms with Crippen LogP contribution in [0.3, 0.4) is 0 Å². The summed E-state index contributed by atoms with van der Waals surface area (Å²) in [7, 11) is 0.